The van der Waals surface area contributed by atoms with Crippen molar-refractivity contribution in [3.63, 3.8) is 0 Å². The summed E-state index contributed by atoms with van der Waals surface area (Å²) in [6.45, 7) is 2.30. The molecule has 1 fully saturated rings. The van der Waals surface area contributed by atoms with Crippen molar-refractivity contribution < 1.29 is 19.4 Å². The Morgan fingerprint density at radius 1 is 1.43 bits per heavy atom. The van der Waals surface area contributed by atoms with Crippen molar-refractivity contribution in [2.24, 2.45) is 5.92 Å². The van der Waals surface area contributed by atoms with Crippen LogP contribution in [0.1, 0.15) is 5.56 Å². The van der Waals surface area contributed by atoms with Crippen molar-refractivity contribution >= 4 is 33.6 Å². The van der Waals surface area contributed by atoms with E-state index in [1.54, 1.807) is 13.1 Å². The number of carboxylic acids is 1. The molecule has 0 aliphatic carbocycles. The second-order valence-corrected chi connectivity index (χ2v) is 5.91. The molecule has 2 amide bonds. The Bertz CT molecular complexity index is 564. The summed E-state index contributed by atoms with van der Waals surface area (Å²) in [5.74, 6) is -1.64. The van der Waals surface area contributed by atoms with Gasteiger partial charge in [-0.3, -0.25) is 4.79 Å². The van der Waals surface area contributed by atoms with Gasteiger partial charge in [0.25, 0.3) is 0 Å². The van der Waals surface area contributed by atoms with Crippen LogP contribution in [0.25, 0.3) is 0 Å². The van der Waals surface area contributed by atoms with Crippen LogP contribution in [0.5, 0.6) is 0 Å². The molecule has 0 bridgehead atoms. The second-order valence-electron chi connectivity index (χ2n) is 5.05. The van der Waals surface area contributed by atoms with Crippen molar-refractivity contribution in [3.05, 3.63) is 28.2 Å². The molecule has 2 N–H and O–H groups in total. The molecule has 1 saturated heterocycles. The smallest absolute Gasteiger partial charge is 0.321 e. The molecule has 0 spiro atoms. The lowest BCUT2D eigenvalue weighted by atomic mass is 10.0. The third-order valence-electron chi connectivity index (χ3n) is 3.59. The zero-order chi connectivity index (χ0) is 15.6. The molecular formula is C14H17BrN2O4. The number of halogens is 1. The van der Waals surface area contributed by atoms with E-state index >= 15 is 0 Å². The summed E-state index contributed by atoms with van der Waals surface area (Å²) < 4.78 is 6.14. The Morgan fingerprint density at radius 3 is 2.76 bits per heavy atom. The van der Waals surface area contributed by atoms with Crippen LogP contribution in [0, 0.1) is 12.8 Å². The number of likely N-dealkylation sites (N-methyl/N-ethyl adjacent to an activating group) is 1. The number of carbonyl (C=O) groups is 2. The van der Waals surface area contributed by atoms with Gasteiger partial charge >= 0.3 is 12.0 Å². The summed E-state index contributed by atoms with van der Waals surface area (Å²) in [6.07, 6.45) is 0. The average molecular weight is 357 g/mol. The minimum atomic E-state index is -0.948. The minimum Gasteiger partial charge on any atom is -0.481 e. The topological polar surface area (TPSA) is 78.9 Å². The van der Waals surface area contributed by atoms with Gasteiger partial charge in [0.2, 0.25) is 0 Å². The van der Waals surface area contributed by atoms with E-state index < -0.39 is 17.9 Å². The average Bonchev–Trinajstić information content (AvgIpc) is 2.91. The number of carbonyl (C=O) groups excluding carboxylic acids is 1. The maximum Gasteiger partial charge on any atom is 0.321 e. The Morgan fingerprint density at radius 2 is 2.14 bits per heavy atom. The van der Waals surface area contributed by atoms with Gasteiger partial charge in [0.1, 0.15) is 5.92 Å². The lowest BCUT2D eigenvalue weighted by Crippen LogP contribution is -2.45. The first-order valence-electron chi connectivity index (χ1n) is 6.50. The number of hydrogen-bond acceptors (Lipinski definition) is 3. The van der Waals surface area contributed by atoms with Crippen molar-refractivity contribution in [1.82, 2.24) is 4.90 Å². The summed E-state index contributed by atoms with van der Waals surface area (Å²) in [6, 6.07) is 4.67. The predicted molar refractivity (Wildman–Crippen MR) is 81.4 cm³/mol. The number of anilines is 1. The van der Waals surface area contributed by atoms with Crippen molar-refractivity contribution in [3.8, 4) is 0 Å². The fraction of sp³-hybridized carbons (Fsp3) is 0.429. The van der Waals surface area contributed by atoms with Crippen molar-refractivity contribution in [2.75, 3.05) is 25.6 Å². The van der Waals surface area contributed by atoms with Crippen LogP contribution < -0.4 is 5.32 Å². The van der Waals surface area contributed by atoms with Gasteiger partial charge in [0, 0.05) is 17.2 Å². The molecule has 0 aromatic heterocycles. The highest BCUT2D eigenvalue weighted by Gasteiger charge is 2.38. The Balaban J connectivity index is 2.05. The van der Waals surface area contributed by atoms with Gasteiger partial charge in [-0.25, -0.2) is 4.79 Å². The van der Waals surface area contributed by atoms with Gasteiger partial charge in [-0.05, 0) is 30.7 Å². The normalized spacial score (nSPS) is 21.1. The maximum absolute atomic E-state index is 12.2. The molecule has 6 nitrogen and oxygen atoms in total. The van der Waals surface area contributed by atoms with Crippen LogP contribution in [0.3, 0.4) is 0 Å². The molecule has 21 heavy (non-hydrogen) atoms. The molecule has 2 atom stereocenters. The number of aryl methyl sites for hydroxylation is 1. The molecule has 1 aromatic carbocycles. The van der Waals surface area contributed by atoms with Crippen LogP contribution in [0.4, 0.5) is 10.5 Å². The summed E-state index contributed by atoms with van der Waals surface area (Å²) in [4.78, 5) is 24.7. The number of rotatable bonds is 3. The quantitative estimate of drug-likeness (QED) is 0.870. The second kappa shape index (κ2) is 6.44. The summed E-state index contributed by atoms with van der Waals surface area (Å²) in [5.41, 5.74) is 1.67. The Hall–Kier alpha value is -1.60. The molecule has 7 heteroatoms. The highest BCUT2D eigenvalue weighted by Crippen LogP contribution is 2.22. The van der Waals surface area contributed by atoms with Crippen LogP contribution >= 0.6 is 15.9 Å². The standard InChI is InChI=1S/C14H17BrN2O4/c1-8-5-9(3-4-11(8)15)16-14(20)17(2)12-7-21-6-10(12)13(18)19/h3-5,10,12H,6-7H2,1-2H3,(H,16,20)(H,18,19). The van der Waals surface area contributed by atoms with Gasteiger partial charge in [0.05, 0.1) is 19.3 Å². The molecule has 2 unspecified atom stereocenters. The van der Waals surface area contributed by atoms with E-state index in [4.69, 9.17) is 9.84 Å². The maximum atomic E-state index is 12.2. The monoisotopic (exact) mass is 356 g/mol. The van der Waals surface area contributed by atoms with Crippen LogP contribution in [-0.4, -0.2) is 48.3 Å². The van der Waals surface area contributed by atoms with Crippen molar-refractivity contribution in [2.45, 2.75) is 13.0 Å². The number of nitrogens with zero attached hydrogens (tertiary/aromatic N) is 1. The van der Waals surface area contributed by atoms with Crippen LogP contribution in [0.15, 0.2) is 22.7 Å². The zero-order valence-corrected chi connectivity index (χ0v) is 13.4. The number of amides is 2. The fourth-order valence-electron chi connectivity index (χ4n) is 2.25. The summed E-state index contributed by atoms with van der Waals surface area (Å²) in [7, 11) is 1.58. The molecule has 1 aliphatic rings. The minimum absolute atomic E-state index is 0.134. The number of hydrogen-bond donors (Lipinski definition) is 2. The SMILES string of the molecule is Cc1cc(NC(=O)N(C)C2COCC2C(=O)O)ccc1Br. The van der Waals surface area contributed by atoms with Gasteiger partial charge in [0.15, 0.2) is 0 Å². The van der Waals surface area contributed by atoms with E-state index in [2.05, 4.69) is 21.2 Å². The largest absolute Gasteiger partial charge is 0.481 e. The van der Waals surface area contributed by atoms with Crippen molar-refractivity contribution in [1.29, 1.82) is 0 Å². The molecule has 0 saturated carbocycles. The molecule has 1 aromatic rings. The highest BCUT2D eigenvalue weighted by molar-refractivity contribution is 9.10. The molecule has 0 radical (unpaired) electrons. The lowest BCUT2D eigenvalue weighted by molar-refractivity contribution is -0.142. The van der Waals surface area contributed by atoms with Crippen LogP contribution in [0.2, 0.25) is 0 Å². The lowest BCUT2D eigenvalue weighted by Gasteiger charge is -2.26. The van der Waals surface area contributed by atoms with Gasteiger partial charge < -0.3 is 20.1 Å². The first-order valence-corrected chi connectivity index (χ1v) is 7.30. The van der Waals surface area contributed by atoms with Gasteiger partial charge in [-0.1, -0.05) is 15.9 Å². The van der Waals surface area contributed by atoms with Crippen LogP contribution in [-0.2, 0) is 9.53 Å². The number of carboxylic acid groups (broad SMARTS) is 1. The third-order valence-corrected chi connectivity index (χ3v) is 4.48. The van der Waals surface area contributed by atoms with E-state index in [9.17, 15) is 9.59 Å². The Kier molecular flexibility index (Phi) is 4.84. The number of urea groups is 1. The first kappa shape index (κ1) is 15.8. The number of benzene rings is 1. The van der Waals surface area contributed by atoms with Gasteiger partial charge in [-0.15, -0.1) is 0 Å². The first-order chi connectivity index (χ1) is 9.90. The number of ether oxygens (including phenoxy) is 1. The van der Waals surface area contributed by atoms with E-state index in [-0.39, 0.29) is 19.2 Å². The van der Waals surface area contributed by atoms with E-state index in [1.165, 1.54) is 4.90 Å². The molecule has 114 valence electrons. The fourth-order valence-corrected chi connectivity index (χ4v) is 2.49. The zero-order valence-electron chi connectivity index (χ0n) is 11.8. The summed E-state index contributed by atoms with van der Waals surface area (Å²) >= 11 is 3.40. The summed E-state index contributed by atoms with van der Waals surface area (Å²) in [5, 5.41) is 11.9. The van der Waals surface area contributed by atoms with E-state index in [1.807, 2.05) is 19.1 Å². The number of aliphatic carboxylic acids is 1. The molecule has 1 heterocycles. The highest BCUT2D eigenvalue weighted by atomic mass is 79.9. The van der Waals surface area contributed by atoms with E-state index in [0.29, 0.717) is 5.69 Å². The van der Waals surface area contributed by atoms with E-state index in [0.717, 1.165) is 10.0 Å². The van der Waals surface area contributed by atoms with Gasteiger partial charge in [-0.2, -0.15) is 0 Å². The molecule has 1 aliphatic heterocycles. The molecule has 2 rings (SSSR count). The number of nitrogens with one attached hydrogen (secondary N) is 1. The Labute approximate surface area is 131 Å². The third kappa shape index (κ3) is 3.54. The molecular weight excluding hydrogens is 340 g/mol. The predicted octanol–water partition coefficient (Wildman–Crippen LogP) is 2.32.